The molecule has 2 aromatic rings. The Hall–Kier alpha value is -2.60. The first-order chi connectivity index (χ1) is 12.9. The number of fused-ring (bicyclic) bond motifs is 1. The van der Waals surface area contributed by atoms with Crippen molar-refractivity contribution < 1.29 is 13.2 Å². The van der Waals surface area contributed by atoms with Crippen molar-refractivity contribution >= 4 is 27.2 Å². The Morgan fingerprint density at radius 3 is 2.37 bits per heavy atom. The molecule has 1 unspecified atom stereocenters. The predicted molar refractivity (Wildman–Crippen MR) is 109 cm³/mol. The second-order valence-electron chi connectivity index (χ2n) is 6.72. The van der Waals surface area contributed by atoms with Gasteiger partial charge < -0.3 is 5.32 Å². The summed E-state index contributed by atoms with van der Waals surface area (Å²) in [5.74, 6) is -0.559. The van der Waals surface area contributed by atoms with Crippen LogP contribution in [0.1, 0.15) is 37.8 Å². The van der Waals surface area contributed by atoms with E-state index in [1.54, 1.807) is 12.1 Å². The van der Waals surface area contributed by atoms with Gasteiger partial charge in [0.15, 0.2) is 4.91 Å². The van der Waals surface area contributed by atoms with Crippen molar-refractivity contribution in [1.29, 1.82) is 0 Å². The van der Waals surface area contributed by atoms with Crippen LogP contribution < -0.4 is 9.62 Å². The fourth-order valence-electron chi connectivity index (χ4n) is 3.39. The van der Waals surface area contributed by atoms with Crippen LogP contribution >= 0.6 is 0 Å². The van der Waals surface area contributed by atoms with E-state index in [0.717, 1.165) is 18.4 Å². The van der Waals surface area contributed by atoms with Gasteiger partial charge in [0.2, 0.25) is 0 Å². The largest absolute Gasteiger partial charge is 0.349 e. The number of nitrogens with zero attached hydrogens (tertiary/aromatic N) is 1. The van der Waals surface area contributed by atoms with Gasteiger partial charge >= 0.3 is 0 Å². The molecule has 0 radical (unpaired) electrons. The molecule has 0 fully saturated rings. The maximum atomic E-state index is 13.2. The molecule has 1 N–H and O–H groups in total. The Kier molecular flexibility index (Phi) is 5.37. The van der Waals surface area contributed by atoms with Crippen LogP contribution in [0.25, 0.3) is 5.57 Å². The highest BCUT2D eigenvalue weighted by Crippen LogP contribution is 2.41. The number of anilines is 1. The third kappa shape index (κ3) is 3.49. The lowest BCUT2D eigenvalue weighted by atomic mass is 9.95. The first-order valence-corrected chi connectivity index (χ1v) is 10.5. The molecule has 1 atom stereocenters. The van der Waals surface area contributed by atoms with Crippen LogP contribution in [0.5, 0.6) is 0 Å². The molecule has 0 aromatic heterocycles. The van der Waals surface area contributed by atoms with Gasteiger partial charge in [-0.3, -0.25) is 9.10 Å². The zero-order valence-corrected chi connectivity index (χ0v) is 16.6. The summed E-state index contributed by atoms with van der Waals surface area (Å²) >= 11 is 0. The number of carbonyl (C=O) groups excluding carboxylic acids is 1. The summed E-state index contributed by atoms with van der Waals surface area (Å²) in [5.41, 5.74) is 2.45. The molecule has 3 rings (SSSR count). The van der Waals surface area contributed by atoms with Crippen LogP contribution in [0.2, 0.25) is 0 Å². The van der Waals surface area contributed by atoms with Crippen molar-refractivity contribution in [3.63, 3.8) is 0 Å². The zero-order chi connectivity index (χ0) is 19.6. The van der Waals surface area contributed by atoms with Crippen LogP contribution in [0, 0.1) is 0 Å². The van der Waals surface area contributed by atoms with E-state index in [1.807, 2.05) is 56.3 Å². The van der Waals surface area contributed by atoms with Gasteiger partial charge in [-0.25, -0.2) is 8.42 Å². The van der Waals surface area contributed by atoms with Gasteiger partial charge in [-0.1, -0.05) is 61.9 Å². The average Bonchev–Trinajstić information content (AvgIpc) is 2.65. The summed E-state index contributed by atoms with van der Waals surface area (Å²) in [6, 6.07) is 16.3. The molecule has 6 heteroatoms. The minimum absolute atomic E-state index is 0.107. The summed E-state index contributed by atoms with van der Waals surface area (Å²) in [5, 5.41) is 2.85. The summed E-state index contributed by atoms with van der Waals surface area (Å²) in [6.07, 6.45) is 1.69. The van der Waals surface area contributed by atoms with E-state index >= 15 is 0 Å². The minimum atomic E-state index is -3.97. The Morgan fingerprint density at radius 2 is 1.70 bits per heavy atom. The predicted octanol–water partition coefficient (Wildman–Crippen LogP) is 3.53. The molecule has 0 saturated carbocycles. The molecule has 1 heterocycles. The van der Waals surface area contributed by atoms with E-state index in [4.69, 9.17) is 0 Å². The molecule has 1 amide bonds. The third-order valence-corrected chi connectivity index (χ3v) is 6.55. The highest BCUT2D eigenvalue weighted by molar-refractivity contribution is 7.97. The normalized spacial score (nSPS) is 16.6. The molecule has 2 aromatic carbocycles. The number of hydrogen-bond acceptors (Lipinski definition) is 3. The number of sulfonamides is 1. The number of rotatable bonds is 5. The average molecular weight is 385 g/mol. The van der Waals surface area contributed by atoms with Gasteiger partial charge in [0.25, 0.3) is 15.9 Å². The molecule has 142 valence electrons. The second-order valence-corrected chi connectivity index (χ2v) is 8.63. The molecule has 1 aliphatic rings. The zero-order valence-electron chi connectivity index (χ0n) is 15.8. The first kappa shape index (κ1) is 19.2. The molecule has 0 bridgehead atoms. The van der Waals surface area contributed by atoms with Crippen molar-refractivity contribution in [3.05, 3.63) is 70.6 Å². The highest BCUT2D eigenvalue weighted by atomic mass is 32.2. The lowest BCUT2D eigenvalue weighted by Gasteiger charge is -2.31. The maximum Gasteiger partial charge on any atom is 0.270 e. The van der Waals surface area contributed by atoms with Gasteiger partial charge in [0, 0.05) is 24.2 Å². The topological polar surface area (TPSA) is 66.5 Å². The van der Waals surface area contributed by atoms with Gasteiger partial charge in [0.05, 0.1) is 5.69 Å². The monoisotopic (exact) mass is 384 g/mol. The molecular weight excluding hydrogens is 360 g/mol. The van der Waals surface area contributed by atoms with E-state index in [2.05, 4.69) is 5.32 Å². The van der Waals surface area contributed by atoms with Gasteiger partial charge in [0.1, 0.15) is 0 Å². The van der Waals surface area contributed by atoms with Crippen molar-refractivity contribution in [2.75, 3.05) is 11.4 Å². The number of hydrogen-bond donors (Lipinski definition) is 1. The molecule has 0 saturated heterocycles. The summed E-state index contributed by atoms with van der Waals surface area (Å²) in [4.78, 5) is 12.9. The fourth-order valence-corrected chi connectivity index (χ4v) is 4.86. The summed E-state index contributed by atoms with van der Waals surface area (Å²) < 4.78 is 27.7. The molecular formula is C21H24N2O3S. The van der Waals surface area contributed by atoms with Gasteiger partial charge in [-0.05, 0) is 25.0 Å². The summed E-state index contributed by atoms with van der Waals surface area (Å²) in [7, 11) is -2.49. The minimum Gasteiger partial charge on any atom is -0.349 e. The first-order valence-electron chi connectivity index (χ1n) is 9.06. The highest BCUT2D eigenvalue weighted by Gasteiger charge is 2.39. The van der Waals surface area contributed by atoms with E-state index < -0.39 is 15.9 Å². The third-order valence-electron chi connectivity index (χ3n) is 4.73. The second kappa shape index (κ2) is 7.56. The Balaban J connectivity index is 2.27. The van der Waals surface area contributed by atoms with E-state index in [1.165, 1.54) is 11.4 Å². The van der Waals surface area contributed by atoms with Crippen LogP contribution in [0.3, 0.4) is 0 Å². The van der Waals surface area contributed by atoms with Crippen LogP contribution in [0.4, 0.5) is 5.69 Å². The van der Waals surface area contributed by atoms with E-state index in [9.17, 15) is 13.2 Å². The maximum absolute atomic E-state index is 13.2. The van der Waals surface area contributed by atoms with Crippen LogP contribution in [-0.2, 0) is 14.8 Å². The molecule has 27 heavy (non-hydrogen) atoms. The number of carbonyl (C=O) groups is 1. The number of para-hydroxylation sites is 1. The van der Waals surface area contributed by atoms with Crippen molar-refractivity contribution in [1.82, 2.24) is 5.32 Å². The smallest absolute Gasteiger partial charge is 0.270 e. The fraction of sp³-hybridized carbons (Fsp3) is 0.286. The van der Waals surface area contributed by atoms with Crippen molar-refractivity contribution in [3.8, 4) is 0 Å². The van der Waals surface area contributed by atoms with Crippen LogP contribution in [-0.4, -0.2) is 27.4 Å². The number of amides is 1. The van der Waals surface area contributed by atoms with Gasteiger partial charge in [-0.15, -0.1) is 0 Å². The lowest BCUT2D eigenvalue weighted by molar-refractivity contribution is -0.117. The summed E-state index contributed by atoms with van der Waals surface area (Å²) in [6.45, 7) is 3.91. The van der Waals surface area contributed by atoms with E-state index in [0.29, 0.717) is 16.8 Å². The van der Waals surface area contributed by atoms with E-state index in [-0.39, 0.29) is 10.9 Å². The SMILES string of the molecule is CCCC(C)NC(=O)C1=C(c2ccccc2)c2ccccc2N(C)S1(=O)=O. The quantitative estimate of drug-likeness (QED) is 0.858. The van der Waals surface area contributed by atoms with Crippen molar-refractivity contribution in [2.45, 2.75) is 32.7 Å². The Bertz CT molecular complexity index is 981. The Labute approximate surface area is 160 Å². The Morgan fingerprint density at radius 1 is 1.07 bits per heavy atom. The molecule has 0 aliphatic carbocycles. The van der Waals surface area contributed by atoms with Crippen LogP contribution in [0.15, 0.2) is 59.5 Å². The lowest BCUT2D eigenvalue weighted by Crippen LogP contribution is -2.42. The molecule has 1 aliphatic heterocycles. The number of nitrogens with one attached hydrogen (secondary N) is 1. The molecule has 0 spiro atoms. The standard InChI is InChI=1S/C21H24N2O3S/c1-4-10-15(2)22-21(24)20-19(16-11-6-5-7-12-16)17-13-8-9-14-18(17)23(3)27(20,25)26/h5-9,11-15H,4,10H2,1-3H3,(H,22,24). The molecule has 5 nitrogen and oxygen atoms in total. The van der Waals surface area contributed by atoms with Crippen molar-refractivity contribution in [2.24, 2.45) is 0 Å². The number of benzene rings is 2. The van der Waals surface area contributed by atoms with Gasteiger partial charge in [-0.2, -0.15) is 0 Å².